The third-order valence-electron chi connectivity index (χ3n) is 5.42. The highest BCUT2D eigenvalue weighted by atomic mass is 16.6. The second-order valence-electron chi connectivity index (χ2n) is 7.33. The van der Waals surface area contributed by atoms with Gasteiger partial charge in [0.2, 0.25) is 5.43 Å². The second-order valence-corrected chi connectivity index (χ2v) is 7.33. The number of likely N-dealkylation sites (tertiary alicyclic amines) is 1. The van der Waals surface area contributed by atoms with Gasteiger partial charge in [0, 0.05) is 19.0 Å². The van der Waals surface area contributed by atoms with Crippen LogP contribution in [0.3, 0.4) is 0 Å². The highest BCUT2D eigenvalue weighted by Crippen LogP contribution is 2.30. The molecule has 4 aromatic rings. The van der Waals surface area contributed by atoms with Crippen LogP contribution in [0.1, 0.15) is 17.0 Å². The Hall–Kier alpha value is -3.60. The normalized spacial score (nSPS) is 14.1. The molecule has 0 saturated carbocycles. The van der Waals surface area contributed by atoms with Crippen LogP contribution < -0.4 is 5.43 Å². The van der Waals surface area contributed by atoms with Crippen LogP contribution in [0, 0.1) is 0 Å². The molecule has 2 heterocycles. The van der Waals surface area contributed by atoms with E-state index in [-0.39, 0.29) is 24.0 Å². The lowest BCUT2D eigenvalue weighted by molar-refractivity contribution is 0.0664. The zero-order valence-corrected chi connectivity index (χ0v) is 15.7. The lowest BCUT2D eigenvalue weighted by atomic mass is 9.91. The van der Waals surface area contributed by atoms with Crippen LogP contribution in [0.15, 0.2) is 82.0 Å². The van der Waals surface area contributed by atoms with Crippen LogP contribution in [0.4, 0.5) is 4.79 Å². The Bertz CT molecular complexity index is 1260. The van der Waals surface area contributed by atoms with E-state index in [4.69, 9.17) is 9.15 Å². The standard InChI is InChI=1S/C24H19NO4/c26-23-19-8-4-5-9-21(19)29-22-11-10-17(12-20(22)23)18-13-25(14-18)24(27)28-15-16-6-2-1-3-7-16/h1-12,18H,13-15H2. The molecule has 5 heteroatoms. The van der Waals surface area contributed by atoms with Crippen LogP contribution in [0.2, 0.25) is 0 Å². The first kappa shape index (κ1) is 17.5. The molecule has 1 amide bonds. The van der Waals surface area contributed by atoms with Crippen molar-refractivity contribution in [3.63, 3.8) is 0 Å². The van der Waals surface area contributed by atoms with E-state index in [1.54, 1.807) is 17.0 Å². The molecule has 1 fully saturated rings. The van der Waals surface area contributed by atoms with E-state index in [9.17, 15) is 9.59 Å². The molecule has 3 aromatic carbocycles. The first-order chi connectivity index (χ1) is 14.2. The lowest BCUT2D eigenvalue weighted by Gasteiger charge is -2.38. The summed E-state index contributed by atoms with van der Waals surface area (Å²) >= 11 is 0. The molecule has 5 nitrogen and oxygen atoms in total. The van der Waals surface area contributed by atoms with Crippen molar-refractivity contribution in [2.24, 2.45) is 0 Å². The number of fused-ring (bicyclic) bond motifs is 2. The van der Waals surface area contributed by atoms with Gasteiger partial charge in [0.25, 0.3) is 0 Å². The summed E-state index contributed by atoms with van der Waals surface area (Å²) in [6.45, 7) is 1.43. The van der Waals surface area contributed by atoms with Crippen molar-refractivity contribution in [1.29, 1.82) is 0 Å². The number of benzene rings is 3. The Balaban J connectivity index is 1.30. The molecule has 1 aromatic heterocycles. The van der Waals surface area contributed by atoms with Crippen molar-refractivity contribution < 1.29 is 13.9 Å². The monoisotopic (exact) mass is 385 g/mol. The fourth-order valence-electron chi connectivity index (χ4n) is 3.72. The zero-order chi connectivity index (χ0) is 19.8. The lowest BCUT2D eigenvalue weighted by Crippen LogP contribution is -2.48. The van der Waals surface area contributed by atoms with Crippen molar-refractivity contribution in [2.45, 2.75) is 12.5 Å². The van der Waals surface area contributed by atoms with Gasteiger partial charge in [0.15, 0.2) is 0 Å². The second kappa shape index (κ2) is 7.09. The highest BCUT2D eigenvalue weighted by molar-refractivity contribution is 5.90. The minimum absolute atomic E-state index is 0.0258. The Morgan fingerprint density at radius 3 is 2.48 bits per heavy atom. The van der Waals surface area contributed by atoms with Crippen molar-refractivity contribution in [1.82, 2.24) is 4.90 Å². The molecule has 0 bridgehead atoms. The topological polar surface area (TPSA) is 59.8 Å². The summed E-state index contributed by atoms with van der Waals surface area (Å²) in [4.78, 5) is 26.7. The van der Waals surface area contributed by atoms with E-state index in [1.165, 1.54) is 0 Å². The largest absolute Gasteiger partial charge is 0.456 e. The van der Waals surface area contributed by atoms with Gasteiger partial charge in [-0.3, -0.25) is 4.79 Å². The van der Waals surface area contributed by atoms with Crippen LogP contribution in [0.5, 0.6) is 0 Å². The summed E-state index contributed by atoms with van der Waals surface area (Å²) in [5, 5.41) is 1.16. The summed E-state index contributed by atoms with van der Waals surface area (Å²) in [7, 11) is 0. The Kier molecular flexibility index (Phi) is 4.28. The van der Waals surface area contributed by atoms with Gasteiger partial charge in [0.05, 0.1) is 10.8 Å². The number of ether oxygens (including phenoxy) is 1. The average molecular weight is 385 g/mol. The van der Waals surface area contributed by atoms with Gasteiger partial charge in [-0.15, -0.1) is 0 Å². The summed E-state index contributed by atoms with van der Waals surface area (Å²) in [5.41, 5.74) is 3.14. The van der Waals surface area contributed by atoms with Gasteiger partial charge in [-0.2, -0.15) is 0 Å². The summed E-state index contributed by atoms with van der Waals surface area (Å²) in [5.74, 6) is 0.189. The van der Waals surface area contributed by atoms with E-state index in [1.807, 2.05) is 60.7 Å². The molecule has 0 N–H and O–H groups in total. The van der Waals surface area contributed by atoms with Crippen molar-refractivity contribution in [2.75, 3.05) is 13.1 Å². The van der Waals surface area contributed by atoms with Gasteiger partial charge < -0.3 is 14.1 Å². The minimum Gasteiger partial charge on any atom is -0.456 e. The molecule has 1 aliphatic rings. The Morgan fingerprint density at radius 1 is 0.931 bits per heavy atom. The first-order valence-corrected chi connectivity index (χ1v) is 9.60. The van der Waals surface area contributed by atoms with E-state index >= 15 is 0 Å². The number of hydrogen-bond donors (Lipinski definition) is 0. The van der Waals surface area contributed by atoms with E-state index < -0.39 is 0 Å². The van der Waals surface area contributed by atoms with E-state index in [0.717, 1.165) is 11.1 Å². The molecule has 1 aliphatic heterocycles. The molecular weight excluding hydrogens is 366 g/mol. The zero-order valence-electron chi connectivity index (χ0n) is 15.7. The molecule has 0 radical (unpaired) electrons. The molecule has 144 valence electrons. The molecule has 0 spiro atoms. The number of hydrogen-bond acceptors (Lipinski definition) is 4. The van der Waals surface area contributed by atoms with Gasteiger partial charge in [-0.05, 0) is 35.4 Å². The summed E-state index contributed by atoms with van der Waals surface area (Å²) in [6, 6.07) is 22.6. The van der Waals surface area contributed by atoms with Crippen LogP contribution in [-0.2, 0) is 11.3 Å². The van der Waals surface area contributed by atoms with Crippen LogP contribution >= 0.6 is 0 Å². The van der Waals surface area contributed by atoms with Crippen molar-refractivity contribution in [3.05, 3.63) is 94.1 Å². The quantitative estimate of drug-likeness (QED) is 0.481. The van der Waals surface area contributed by atoms with Gasteiger partial charge in [-0.25, -0.2) is 4.79 Å². The van der Waals surface area contributed by atoms with Crippen LogP contribution in [-0.4, -0.2) is 24.1 Å². The number of carbonyl (C=O) groups excluding carboxylic acids is 1. The van der Waals surface area contributed by atoms with Crippen molar-refractivity contribution in [3.8, 4) is 0 Å². The number of amides is 1. The minimum atomic E-state index is -0.309. The Morgan fingerprint density at radius 2 is 1.66 bits per heavy atom. The van der Waals surface area contributed by atoms with E-state index in [2.05, 4.69) is 0 Å². The highest BCUT2D eigenvalue weighted by Gasteiger charge is 2.33. The van der Waals surface area contributed by atoms with Crippen LogP contribution in [0.25, 0.3) is 21.9 Å². The molecule has 5 rings (SSSR count). The number of nitrogens with zero attached hydrogens (tertiary/aromatic N) is 1. The SMILES string of the molecule is O=C(OCc1ccccc1)N1CC(c2ccc3oc4ccccc4c(=O)c3c2)C1. The van der Waals surface area contributed by atoms with Crippen molar-refractivity contribution >= 4 is 28.0 Å². The maximum atomic E-state index is 12.8. The predicted molar refractivity (Wildman–Crippen MR) is 111 cm³/mol. The molecule has 0 atom stereocenters. The van der Waals surface area contributed by atoms with Gasteiger partial charge in [-0.1, -0.05) is 48.5 Å². The summed E-state index contributed by atoms with van der Waals surface area (Å²) in [6.07, 6.45) is -0.309. The van der Waals surface area contributed by atoms with Gasteiger partial charge >= 0.3 is 6.09 Å². The molecular formula is C24H19NO4. The molecule has 1 saturated heterocycles. The number of para-hydroxylation sites is 1. The predicted octanol–water partition coefficient (Wildman–Crippen LogP) is 4.68. The fourth-order valence-corrected chi connectivity index (χ4v) is 3.72. The maximum Gasteiger partial charge on any atom is 0.410 e. The number of rotatable bonds is 3. The molecule has 29 heavy (non-hydrogen) atoms. The first-order valence-electron chi connectivity index (χ1n) is 9.60. The number of carbonyl (C=O) groups is 1. The maximum absolute atomic E-state index is 12.8. The third kappa shape index (κ3) is 3.25. The molecule has 0 aliphatic carbocycles. The Labute approximate surface area is 167 Å². The van der Waals surface area contributed by atoms with Gasteiger partial charge in [0.1, 0.15) is 17.8 Å². The third-order valence-corrected chi connectivity index (χ3v) is 5.42. The average Bonchev–Trinajstić information content (AvgIpc) is 2.72. The van der Waals surface area contributed by atoms with E-state index in [0.29, 0.717) is 35.0 Å². The summed E-state index contributed by atoms with van der Waals surface area (Å²) < 4.78 is 11.2. The fraction of sp³-hybridized carbons (Fsp3) is 0.167. The molecule has 0 unspecified atom stereocenters. The smallest absolute Gasteiger partial charge is 0.410 e.